The van der Waals surface area contributed by atoms with Crippen molar-refractivity contribution in [3.8, 4) is 17.6 Å². The first-order valence-electron chi connectivity index (χ1n) is 6.16. The molecule has 0 saturated heterocycles. The minimum atomic E-state index is -0.457. The van der Waals surface area contributed by atoms with Gasteiger partial charge in [-0.15, -0.1) is 11.3 Å². The number of nitrogens with zero attached hydrogens (tertiary/aromatic N) is 1. The molecular formula is C15H13NO4S. The molecule has 0 radical (unpaired) electrons. The molecule has 2 aromatic rings. The highest BCUT2D eigenvalue weighted by molar-refractivity contribution is 7.12. The van der Waals surface area contributed by atoms with Crippen molar-refractivity contribution in [3.05, 3.63) is 55.8 Å². The van der Waals surface area contributed by atoms with Crippen LogP contribution in [-0.4, -0.2) is 16.6 Å². The van der Waals surface area contributed by atoms with Gasteiger partial charge in [0.25, 0.3) is 0 Å². The molecule has 2 rings (SSSR count). The van der Waals surface area contributed by atoms with E-state index < -0.39 is 4.92 Å². The van der Waals surface area contributed by atoms with Crippen LogP contribution in [0.4, 0.5) is 5.69 Å². The quantitative estimate of drug-likeness (QED) is 0.535. The monoisotopic (exact) mass is 303 g/mol. The van der Waals surface area contributed by atoms with Gasteiger partial charge in [0.05, 0.1) is 9.80 Å². The van der Waals surface area contributed by atoms with Crippen molar-refractivity contribution in [1.29, 1.82) is 0 Å². The van der Waals surface area contributed by atoms with E-state index in [0.717, 1.165) is 15.3 Å². The minimum absolute atomic E-state index is 0.0440. The largest absolute Gasteiger partial charge is 0.481 e. The molecule has 0 fully saturated rings. The fourth-order valence-electron chi connectivity index (χ4n) is 1.69. The Kier molecular flexibility index (Phi) is 4.93. The number of aliphatic hydroxyl groups is 1. The maximum atomic E-state index is 11.0. The molecule has 5 nitrogen and oxygen atoms in total. The molecule has 0 amide bonds. The van der Waals surface area contributed by atoms with Gasteiger partial charge >= 0.3 is 5.69 Å². The lowest BCUT2D eigenvalue weighted by molar-refractivity contribution is -0.385. The third-order valence-corrected chi connectivity index (χ3v) is 3.61. The number of benzene rings is 1. The van der Waals surface area contributed by atoms with E-state index in [1.165, 1.54) is 17.4 Å². The molecule has 6 heteroatoms. The molecule has 0 unspecified atom stereocenters. The first-order chi connectivity index (χ1) is 10.1. The molecule has 1 N–H and O–H groups in total. The molecule has 0 atom stereocenters. The van der Waals surface area contributed by atoms with E-state index in [0.29, 0.717) is 0 Å². The lowest BCUT2D eigenvalue weighted by Crippen LogP contribution is -1.98. The Morgan fingerprint density at radius 3 is 2.90 bits per heavy atom. The Morgan fingerprint density at radius 1 is 1.38 bits per heavy atom. The van der Waals surface area contributed by atoms with Gasteiger partial charge in [0.2, 0.25) is 0 Å². The van der Waals surface area contributed by atoms with Crippen molar-refractivity contribution < 1.29 is 14.8 Å². The number of thiophene rings is 1. The van der Waals surface area contributed by atoms with Crippen LogP contribution in [0.15, 0.2) is 30.3 Å². The molecule has 0 aliphatic heterocycles. The number of hydrogen-bond acceptors (Lipinski definition) is 5. The number of hydrogen-bond donors (Lipinski definition) is 1. The van der Waals surface area contributed by atoms with Crippen LogP contribution < -0.4 is 4.74 Å². The second-order valence-electron chi connectivity index (χ2n) is 4.24. The fraction of sp³-hybridized carbons (Fsp3) is 0.200. The lowest BCUT2D eigenvalue weighted by atomic mass is 10.2. The summed E-state index contributed by atoms with van der Waals surface area (Å²) in [7, 11) is 0. The van der Waals surface area contributed by atoms with Crippen molar-refractivity contribution in [2.24, 2.45) is 0 Å². The standard InChI is InChI=1S/C15H13NO4S/c1-11-4-7-14(16(18)19)15(9-11)20-10-13-6-5-12(21-13)3-2-8-17/h4-7,9,17H,8,10H2,1H3. The van der Waals surface area contributed by atoms with Crippen LogP contribution in [0.1, 0.15) is 15.3 Å². The Morgan fingerprint density at radius 2 is 2.19 bits per heavy atom. The molecule has 1 aromatic heterocycles. The summed E-state index contributed by atoms with van der Waals surface area (Å²) in [6.07, 6.45) is 0. The van der Waals surface area contributed by atoms with Gasteiger partial charge < -0.3 is 9.84 Å². The van der Waals surface area contributed by atoms with E-state index >= 15 is 0 Å². The predicted octanol–water partition coefficient (Wildman–Crippen LogP) is 2.89. The molecule has 0 spiro atoms. The maximum Gasteiger partial charge on any atom is 0.310 e. The summed E-state index contributed by atoms with van der Waals surface area (Å²) in [6.45, 7) is 1.92. The van der Waals surface area contributed by atoms with Crippen molar-refractivity contribution in [3.63, 3.8) is 0 Å². The third kappa shape index (κ3) is 4.05. The highest BCUT2D eigenvalue weighted by Gasteiger charge is 2.15. The molecule has 0 saturated carbocycles. The van der Waals surface area contributed by atoms with Crippen molar-refractivity contribution >= 4 is 17.0 Å². The summed E-state index contributed by atoms with van der Waals surface area (Å²) in [6, 6.07) is 8.46. The summed E-state index contributed by atoms with van der Waals surface area (Å²) in [4.78, 5) is 12.2. The van der Waals surface area contributed by atoms with E-state index in [1.807, 2.05) is 19.1 Å². The summed E-state index contributed by atoms with van der Waals surface area (Å²) in [5.74, 6) is 5.64. The van der Waals surface area contributed by atoms with Crippen molar-refractivity contribution in [2.75, 3.05) is 6.61 Å². The first kappa shape index (κ1) is 15.0. The second-order valence-corrected chi connectivity index (χ2v) is 5.41. The average Bonchev–Trinajstić information content (AvgIpc) is 2.90. The van der Waals surface area contributed by atoms with E-state index in [4.69, 9.17) is 9.84 Å². The van der Waals surface area contributed by atoms with E-state index in [-0.39, 0.29) is 24.7 Å². The number of nitro benzene ring substituents is 1. The SMILES string of the molecule is Cc1ccc([N+](=O)[O-])c(OCc2ccc(C#CCO)s2)c1. The van der Waals surface area contributed by atoms with Crippen LogP contribution >= 0.6 is 11.3 Å². The van der Waals surface area contributed by atoms with Gasteiger partial charge in [-0.25, -0.2) is 0 Å². The van der Waals surface area contributed by atoms with Gasteiger partial charge in [-0.2, -0.15) is 0 Å². The summed E-state index contributed by atoms with van der Waals surface area (Å²) < 4.78 is 5.55. The number of ether oxygens (including phenoxy) is 1. The van der Waals surface area contributed by atoms with Gasteiger partial charge in [-0.3, -0.25) is 10.1 Å². The van der Waals surface area contributed by atoms with Gasteiger partial charge in [-0.05, 0) is 30.7 Å². The van der Waals surface area contributed by atoms with Crippen LogP contribution in [0.5, 0.6) is 5.75 Å². The van der Waals surface area contributed by atoms with Gasteiger partial charge in [0, 0.05) is 10.9 Å². The highest BCUT2D eigenvalue weighted by Crippen LogP contribution is 2.29. The van der Waals surface area contributed by atoms with Crippen LogP contribution in [0, 0.1) is 28.9 Å². The number of rotatable bonds is 4. The zero-order valence-corrected chi connectivity index (χ0v) is 12.1. The smallest absolute Gasteiger partial charge is 0.310 e. The molecule has 21 heavy (non-hydrogen) atoms. The zero-order chi connectivity index (χ0) is 15.2. The molecule has 1 heterocycles. The van der Waals surface area contributed by atoms with E-state index in [1.54, 1.807) is 12.1 Å². The molecular weight excluding hydrogens is 290 g/mol. The van der Waals surface area contributed by atoms with Gasteiger partial charge in [0.15, 0.2) is 5.75 Å². The average molecular weight is 303 g/mol. The molecule has 0 aliphatic rings. The third-order valence-electron chi connectivity index (χ3n) is 2.63. The summed E-state index contributed by atoms with van der Waals surface area (Å²) >= 11 is 1.43. The highest BCUT2D eigenvalue weighted by atomic mass is 32.1. The maximum absolute atomic E-state index is 11.0. The van der Waals surface area contributed by atoms with Gasteiger partial charge in [0.1, 0.15) is 13.2 Å². The molecule has 1 aromatic carbocycles. The fourth-order valence-corrected chi connectivity index (χ4v) is 2.48. The molecule has 0 aliphatic carbocycles. The Hall–Kier alpha value is -2.36. The van der Waals surface area contributed by atoms with Gasteiger partial charge in [-0.1, -0.05) is 17.9 Å². The minimum Gasteiger partial charge on any atom is -0.481 e. The van der Waals surface area contributed by atoms with Crippen LogP contribution in [0.3, 0.4) is 0 Å². The number of nitro groups is 1. The Balaban J connectivity index is 2.11. The first-order valence-corrected chi connectivity index (χ1v) is 6.98. The van der Waals surface area contributed by atoms with Crippen LogP contribution in [0.2, 0.25) is 0 Å². The normalized spacial score (nSPS) is 9.81. The summed E-state index contributed by atoms with van der Waals surface area (Å²) in [5.41, 5.74) is 0.855. The predicted molar refractivity (Wildman–Crippen MR) is 80.4 cm³/mol. The Bertz CT molecular complexity index is 712. The van der Waals surface area contributed by atoms with Crippen LogP contribution in [-0.2, 0) is 6.61 Å². The van der Waals surface area contributed by atoms with E-state index in [9.17, 15) is 10.1 Å². The van der Waals surface area contributed by atoms with E-state index in [2.05, 4.69) is 11.8 Å². The Labute approximate surface area is 126 Å². The van der Waals surface area contributed by atoms with Crippen molar-refractivity contribution in [1.82, 2.24) is 0 Å². The number of aryl methyl sites for hydroxylation is 1. The lowest BCUT2D eigenvalue weighted by Gasteiger charge is -2.06. The molecule has 0 bridgehead atoms. The second kappa shape index (κ2) is 6.88. The zero-order valence-electron chi connectivity index (χ0n) is 11.3. The topological polar surface area (TPSA) is 72.6 Å². The molecule has 108 valence electrons. The number of aliphatic hydroxyl groups excluding tert-OH is 1. The summed E-state index contributed by atoms with van der Waals surface area (Å²) in [5, 5.41) is 19.6. The van der Waals surface area contributed by atoms with Crippen molar-refractivity contribution in [2.45, 2.75) is 13.5 Å². The van der Waals surface area contributed by atoms with Crippen LogP contribution in [0.25, 0.3) is 0 Å².